The molecule has 1 aliphatic rings. The molecule has 0 bridgehead atoms. The highest BCUT2D eigenvalue weighted by molar-refractivity contribution is 6.23. The second-order valence-electron chi connectivity index (χ2n) is 5.70. The van der Waals surface area contributed by atoms with E-state index in [2.05, 4.69) is 23.1 Å². The number of anilines is 1. The molecule has 1 atom stereocenters. The maximum atomic E-state index is 12.6. The van der Waals surface area contributed by atoms with Crippen LogP contribution in [-0.2, 0) is 4.79 Å². The molecule has 2 aromatic carbocycles. The lowest BCUT2D eigenvalue weighted by Gasteiger charge is -2.12. The van der Waals surface area contributed by atoms with Crippen molar-refractivity contribution in [2.24, 2.45) is 16.0 Å². The number of nitrogens with zero attached hydrogens (tertiary/aromatic N) is 3. The molecule has 1 aliphatic heterocycles. The first-order valence-electron chi connectivity index (χ1n) is 7.62. The van der Waals surface area contributed by atoms with Gasteiger partial charge in [-0.15, -0.1) is 0 Å². The van der Waals surface area contributed by atoms with Crippen LogP contribution in [0.2, 0.25) is 0 Å². The fourth-order valence-corrected chi connectivity index (χ4v) is 2.54. The summed E-state index contributed by atoms with van der Waals surface area (Å²) < 4.78 is 0. The fraction of sp³-hybridized carbons (Fsp3) is 0.211. The Hall–Kier alpha value is -2.75. The minimum atomic E-state index is -0.407. The Morgan fingerprint density at radius 2 is 1.78 bits per heavy atom. The van der Waals surface area contributed by atoms with Crippen LogP contribution in [0.3, 0.4) is 0 Å². The highest BCUT2D eigenvalue weighted by atomic mass is 16.2. The van der Waals surface area contributed by atoms with E-state index in [9.17, 15) is 4.79 Å². The quantitative estimate of drug-likeness (QED) is 0.789. The van der Waals surface area contributed by atoms with Crippen LogP contribution in [0, 0.1) is 19.8 Å². The summed E-state index contributed by atoms with van der Waals surface area (Å²) in [7, 11) is 0. The molecule has 1 amide bonds. The number of carbonyl (C=O) groups is 1. The summed E-state index contributed by atoms with van der Waals surface area (Å²) in [5.74, 6) is -0.474. The van der Waals surface area contributed by atoms with E-state index in [-0.39, 0.29) is 5.91 Å². The molecule has 0 fully saturated rings. The first-order valence-corrected chi connectivity index (χ1v) is 7.62. The summed E-state index contributed by atoms with van der Waals surface area (Å²) in [4.78, 5) is 17.1. The van der Waals surface area contributed by atoms with E-state index in [0.717, 1.165) is 22.6 Å². The SMILES string of the molecule is CC1=NN(c2ccccc2)C(=O)[C@@H]1C=Nc1cccc(C)c1C. The van der Waals surface area contributed by atoms with Gasteiger partial charge < -0.3 is 0 Å². The van der Waals surface area contributed by atoms with Crippen molar-refractivity contribution >= 4 is 29.2 Å². The maximum Gasteiger partial charge on any atom is 0.261 e. The van der Waals surface area contributed by atoms with Crippen molar-refractivity contribution in [3.63, 3.8) is 0 Å². The number of hydrogen-bond donors (Lipinski definition) is 0. The monoisotopic (exact) mass is 305 g/mol. The van der Waals surface area contributed by atoms with Gasteiger partial charge in [-0.3, -0.25) is 9.79 Å². The molecule has 0 aliphatic carbocycles. The number of amides is 1. The number of rotatable bonds is 3. The molecule has 0 N–H and O–H groups in total. The molecule has 4 nitrogen and oxygen atoms in total. The summed E-state index contributed by atoms with van der Waals surface area (Å²) in [6.45, 7) is 5.95. The van der Waals surface area contributed by atoms with Crippen LogP contribution in [0.15, 0.2) is 58.6 Å². The van der Waals surface area contributed by atoms with Crippen molar-refractivity contribution in [2.45, 2.75) is 20.8 Å². The zero-order valence-corrected chi connectivity index (χ0v) is 13.5. The minimum absolute atomic E-state index is 0.0669. The van der Waals surface area contributed by atoms with Gasteiger partial charge in [-0.1, -0.05) is 30.3 Å². The lowest BCUT2D eigenvalue weighted by molar-refractivity contribution is -0.118. The molecule has 0 saturated carbocycles. The van der Waals surface area contributed by atoms with Crippen LogP contribution in [0.1, 0.15) is 18.1 Å². The lowest BCUT2D eigenvalue weighted by atomic mass is 10.1. The van der Waals surface area contributed by atoms with Crippen molar-refractivity contribution in [1.82, 2.24) is 0 Å². The highest BCUT2D eigenvalue weighted by Crippen LogP contribution is 2.25. The third-order valence-electron chi connectivity index (χ3n) is 4.12. The molecular weight excluding hydrogens is 286 g/mol. The molecule has 2 aromatic rings. The van der Waals surface area contributed by atoms with E-state index in [1.54, 1.807) is 6.21 Å². The van der Waals surface area contributed by atoms with Gasteiger partial charge in [0.25, 0.3) is 5.91 Å². The Balaban J connectivity index is 1.85. The predicted molar refractivity (Wildman–Crippen MR) is 94.6 cm³/mol. The van der Waals surface area contributed by atoms with Crippen LogP contribution < -0.4 is 5.01 Å². The fourth-order valence-electron chi connectivity index (χ4n) is 2.54. The Labute approximate surface area is 136 Å². The molecule has 3 rings (SSSR count). The number of hydrogen-bond acceptors (Lipinski definition) is 3. The third-order valence-corrected chi connectivity index (χ3v) is 4.12. The summed E-state index contributed by atoms with van der Waals surface area (Å²) in [5.41, 5.74) is 4.74. The van der Waals surface area contributed by atoms with Crippen molar-refractivity contribution < 1.29 is 4.79 Å². The maximum absolute atomic E-state index is 12.6. The Bertz CT molecular complexity index is 794. The predicted octanol–water partition coefficient (Wildman–Crippen LogP) is 4.04. The molecule has 0 radical (unpaired) electrons. The Morgan fingerprint density at radius 3 is 2.52 bits per heavy atom. The molecule has 0 unspecified atom stereocenters. The van der Waals surface area contributed by atoms with Gasteiger partial charge >= 0.3 is 0 Å². The van der Waals surface area contributed by atoms with E-state index in [0.29, 0.717) is 0 Å². The Kier molecular flexibility index (Phi) is 4.06. The highest BCUT2D eigenvalue weighted by Gasteiger charge is 2.33. The zero-order chi connectivity index (χ0) is 16.4. The normalized spacial score (nSPS) is 17.9. The molecule has 1 heterocycles. The molecular formula is C19H19N3O. The smallest absolute Gasteiger partial charge is 0.261 e. The third kappa shape index (κ3) is 2.93. The standard InChI is InChI=1S/C19H19N3O/c1-13-8-7-11-18(14(13)2)20-12-17-15(3)21-22(19(17)23)16-9-5-4-6-10-16/h4-12,17H,1-3H3/t17-/m1/s1. The van der Waals surface area contributed by atoms with E-state index < -0.39 is 5.92 Å². The summed E-state index contributed by atoms with van der Waals surface area (Å²) in [6, 6.07) is 15.4. The average Bonchev–Trinajstić information content (AvgIpc) is 2.84. The largest absolute Gasteiger partial charge is 0.271 e. The summed E-state index contributed by atoms with van der Waals surface area (Å²) in [6.07, 6.45) is 1.70. The van der Waals surface area contributed by atoms with Crippen LogP contribution >= 0.6 is 0 Å². The zero-order valence-electron chi connectivity index (χ0n) is 13.5. The van der Waals surface area contributed by atoms with Crippen LogP contribution in [0.4, 0.5) is 11.4 Å². The number of hydrazone groups is 1. The van der Waals surface area contributed by atoms with Crippen molar-refractivity contribution in [1.29, 1.82) is 0 Å². The molecule has 23 heavy (non-hydrogen) atoms. The van der Waals surface area contributed by atoms with Crippen LogP contribution in [0.5, 0.6) is 0 Å². The first-order chi connectivity index (χ1) is 11.1. The van der Waals surface area contributed by atoms with Gasteiger partial charge in [0.15, 0.2) is 0 Å². The molecule has 0 aromatic heterocycles. The van der Waals surface area contributed by atoms with E-state index in [1.807, 2.05) is 56.3 Å². The number of aryl methyl sites for hydroxylation is 1. The van der Waals surface area contributed by atoms with Gasteiger partial charge in [-0.25, -0.2) is 0 Å². The van der Waals surface area contributed by atoms with Crippen LogP contribution in [0.25, 0.3) is 0 Å². The van der Waals surface area contributed by atoms with Crippen LogP contribution in [-0.4, -0.2) is 17.8 Å². The van der Waals surface area contributed by atoms with Crippen molar-refractivity contribution in [2.75, 3.05) is 5.01 Å². The first kappa shape index (κ1) is 15.2. The summed E-state index contributed by atoms with van der Waals surface area (Å²) in [5, 5.41) is 5.84. The Morgan fingerprint density at radius 1 is 1.04 bits per heavy atom. The average molecular weight is 305 g/mol. The van der Waals surface area contributed by atoms with E-state index in [4.69, 9.17) is 0 Å². The number of aliphatic imine (C=N–C) groups is 1. The summed E-state index contributed by atoms with van der Waals surface area (Å²) >= 11 is 0. The lowest BCUT2D eigenvalue weighted by Crippen LogP contribution is -2.27. The van der Waals surface area contributed by atoms with Gasteiger partial charge in [0.05, 0.1) is 17.1 Å². The number of carbonyl (C=O) groups excluding carboxylic acids is 1. The molecule has 116 valence electrons. The number of para-hydroxylation sites is 1. The molecule has 0 saturated heterocycles. The van der Waals surface area contributed by atoms with Crippen molar-refractivity contribution in [3.8, 4) is 0 Å². The second kappa shape index (κ2) is 6.16. The topological polar surface area (TPSA) is 45.0 Å². The van der Waals surface area contributed by atoms with Crippen molar-refractivity contribution in [3.05, 3.63) is 59.7 Å². The molecule has 4 heteroatoms. The van der Waals surface area contributed by atoms with E-state index >= 15 is 0 Å². The van der Waals surface area contributed by atoms with Gasteiger partial charge in [-0.2, -0.15) is 10.1 Å². The van der Waals surface area contributed by atoms with Gasteiger partial charge in [0.1, 0.15) is 5.92 Å². The second-order valence-corrected chi connectivity index (χ2v) is 5.70. The van der Waals surface area contributed by atoms with Gasteiger partial charge in [0, 0.05) is 6.21 Å². The van der Waals surface area contributed by atoms with E-state index in [1.165, 1.54) is 10.6 Å². The molecule has 0 spiro atoms. The van der Waals surface area contributed by atoms with Gasteiger partial charge in [-0.05, 0) is 50.1 Å². The van der Waals surface area contributed by atoms with Gasteiger partial charge in [0.2, 0.25) is 0 Å². The number of benzene rings is 2. The minimum Gasteiger partial charge on any atom is -0.271 e.